The summed E-state index contributed by atoms with van der Waals surface area (Å²) in [5.41, 5.74) is 1.26. The van der Waals surface area contributed by atoms with E-state index >= 15 is 0 Å². The second kappa shape index (κ2) is 6.04. The van der Waals surface area contributed by atoms with Crippen LogP contribution >= 0.6 is 0 Å². The lowest BCUT2D eigenvalue weighted by Crippen LogP contribution is -2.31. The topological polar surface area (TPSA) is 63.7 Å². The Morgan fingerprint density at radius 1 is 1.04 bits per heavy atom. The zero-order valence-electron chi connectivity index (χ0n) is 12.7. The number of carbonyl (C=O) groups excluding carboxylic acids is 1. The largest absolute Gasteiger partial charge is 0.493 e. The number of benzene rings is 2. The maximum atomic E-state index is 12.4. The second-order valence-electron chi connectivity index (χ2n) is 5.35. The third-order valence-corrected chi connectivity index (χ3v) is 5.61. The van der Waals surface area contributed by atoms with Gasteiger partial charge < -0.3 is 4.74 Å². The molecule has 3 rings (SSSR count). The van der Waals surface area contributed by atoms with E-state index in [0.29, 0.717) is 13.0 Å². The van der Waals surface area contributed by atoms with Gasteiger partial charge in [-0.3, -0.25) is 4.79 Å². The maximum Gasteiger partial charge on any atom is 0.269 e. The van der Waals surface area contributed by atoms with Crippen molar-refractivity contribution in [3.63, 3.8) is 0 Å². The Bertz CT molecular complexity index is 845. The number of amides is 1. The molecule has 0 bridgehead atoms. The molecule has 120 valence electrons. The Balaban J connectivity index is 1.64. The van der Waals surface area contributed by atoms with Crippen LogP contribution in [0.5, 0.6) is 5.75 Å². The highest BCUT2D eigenvalue weighted by Crippen LogP contribution is 2.29. The summed E-state index contributed by atoms with van der Waals surface area (Å²) in [6.07, 6.45) is 0.438. The zero-order valence-corrected chi connectivity index (χ0v) is 13.5. The van der Waals surface area contributed by atoms with Crippen molar-refractivity contribution in [2.45, 2.75) is 18.2 Å². The standard InChI is InChI=1S/C17H17NO4S/c1-13-7-2-4-9-15(13)22-12-6-11-18-17(19)14-8-3-5-10-16(14)23(18,20)21/h2-5,7-10H,6,11-12H2,1H3. The molecular formula is C17H17NO4S. The summed E-state index contributed by atoms with van der Waals surface area (Å²) in [5, 5.41) is 0. The summed E-state index contributed by atoms with van der Waals surface area (Å²) < 4.78 is 31.3. The van der Waals surface area contributed by atoms with Gasteiger partial charge in [-0.15, -0.1) is 0 Å². The molecule has 0 spiro atoms. The molecule has 2 aromatic rings. The number of aryl methyl sites for hydroxylation is 1. The molecule has 5 nitrogen and oxygen atoms in total. The molecule has 1 aliphatic rings. The highest BCUT2D eigenvalue weighted by atomic mass is 32.2. The molecule has 1 amide bonds. The van der Waals surface area contributed by atoms with Crippen molar-refractivity contribution < 1.29 is 17.9 Å². The first kappa shape index (κ1) is 15.6. The van der Waals surface area contributed by atoms with E-state index in [2.05, 4.69) is 0 Å². The molecular weight excluding hydrogens is 314 g/mol. The molecule has 0 aromatic heterocycles. The van der Waals surface area contributed by atoms with Crippen molar-refractivity contribution in [3.05, 3.63) is 59.7 Å². The Hall–Kier alpha value is -2.34. The van der Waals surface area contributed by atoms with Gasteiger partial charge in [-0.25, -0.2) is 12.7 Å². The van der Waals surface area contributed by atoms with Gasteiger partial charge in [0.25, 0.3) is 15.9 Å². The molecule has 0 aliphatic carbocycles. The molecule has 0 saturated carbocycles. The molecule has 23 heavy (non-hydrogen) atoms. The fourth-order valence-electron chi connectivity index (χ4n) is 2.56. The van der Waals surface area contributed by atoms with Crippen LogP contribution in [0, 0.1) is 6.92 Å². The normalized spacial score (nSPS) is 15.5. The molecule has 0 N–H and O–H groups in total. The third kappa shape index (κ3) is 2.82. The average molecular weight is 331 g/mol. The molecule has 0 unspecified atom stereocenters. The summed E-state index contributed by atoms with van der Waals surface area (Å²) in [5.74, 6) is 0.308. The van der Waals surface area contributed by atoms with Gasteiger partial charge in [0.15, 0.2) is 0 Å². The highest BCUT2D eigenvalue weighted by Gasteiger charge is 2.40. The van der Waals surface area contributed by atoms with Crippen LogP contribution in [0.3, 0.4) is 0 Å². The summed E-state index contributed by atoms with van der Waals surface area (Å²) in [4.78, 5) is 12.3. The smallest absolute Gasteiger partial charge is 0.269 e. The number of para-hydroxylation sites is 1. The number of hydrogen-bond acceptors (Lipinski definition) is 4. The van der Waals surface area contributed by atoms with E-state index in [1.54, 1.807) is 18.2 Å². The van der Waals surface area contributed by atoms with Gasteiger partial charge in [-0.2, -0.15) is 0 Å². The van der Waals surface area contributed by atoms with Crippen molar-refractivity contribution in [1.82, 2.24) is 4.31 Å². The number of sulfonamides is 1. The predicted molar refractivity (Wildman–Crippen MR) is 86.0 cm³/mol. The van der Waals surface area contributed by atoms with E-state index in [9.17, 15) is 13.2 Å². The van der Waals surface area contributed by atoms with Crippen molar-refractivity contribution in [3.8, 4) is 5.75 Å². The molecule has 0 fully saturated rings. The van der Waals surface area contributed by atoms with Crippen molar-refractivity contribution in [2.75, 3.05) is 13.2 Å². The lowest BCUT2D eigenvalue weighted by Gasteiger charge is -2.15. The minimum Gasteiger partial charge on any atom is -0.493 e. The van der Waals surface area contributed by atoms with Gasteiger partial charge in [0.05, 0.1) is 12.2 Å². The number of ether oxygens (including phenoxy) is 1. The maximum absolute atomic E-state index is 12.4. The number of fused-ring (bicyclic) bond motifs is 1. The first-order valence-electron chi connectivity index (χ1n) is 7.36. The molecule has 6 heteroatoms. The summed E-state index contributed by atoms with van der Waals surface area (Å²) >= 11 is 0. The van der Waals surface area contributed by atoms with Crippen molar-refractivity contribution >= 4 is 15.9 Å². The van der Waals surface area contributed by atoms with Gasteiger partial charge >= 0.3 is 0 Å². The van der Waals surface area contributed by atoms with Crippen molar-refractivity contribution in [2.24, 2.45) is 0 Å². The summed E-state index contributed by atoms with van der Waals surface area (Å²) in [6, 6.07) is 13.9. The van der Waals surface area contributed by atoms with Crippen LogP contribution < -0.4 is 4.74 Å². The molecule has 1 aliphatic heterocycles. The molecule has 0 radical (unpaired) electrons. The predicted octanol–water partition coefficient (Wildman–Crippen LogP) is 2.61. The molecule has 0 saturated heterocycles. The van der Waals surface area contributed by atoms with E-state index in [-0.39, 0.29) is 17.0 Å². The van der Waals surface area contributed by atoms with E-state index in [4.69, 9.17) is 4.74 Å². The third-order valence-electron chi connectivity index (χ3n) is 3.77. The minimum atomic E-state index is -3.72. The van der Waals surface area contributed by atoms with Crippen LogP contribution in [-0.2, 0) is 10.0 Å². The van der Waals surface area contributed by atoms with Gasteiger partial charge in [0, 0.05) is 13.0 Å². The van der Waals surface area contributed by atoms with Crippen molar-refractivity contribution in [1.29, 1.82) is 0 Å². The Morgan fingerprint density at radius 3 is 2.48 bits per heavy atom. The van der Waals surface area contributed by atoms with Gasteiger partial charge in [0.2, 0.25) is 0 Å². The Morgan fingerprint density at radius 2 is 1.74 bits per heavy atom. The number of carbonyl (C=O) groups is 1. The van der Waals surface area contributed by atoms with E-state index in [1.807, 2.05) is 31.2 Å². The van der Waals surface area contributed by atoms with Crippen LogP contribution in [0.25, 0.3) is 0 Å². The Labute approximate surface area is 135 Å². The summed E-state index contributed by atoms with van der Waals surface area (Å²) in [6.45, 7) is 2.41. The lowest BCUT2D eigenvalue weighted by molar-refractivity contribution is 0.0866. The van der Waals surface area contributed by atoms with Crippen LogP contribution in [-0.4, -0.2) is 31.8 Å². The Kier molecular flexibility index (Phi) is 4.09. The monoisotopic (exact) mass is 331 g/mol. The quantitative estimate of drug-likeness (QED) is 0.790. The van der Waals surface area contributed by atoms with E-state index in [0.717, 1.165) is 15.6 Å². The van der Waals surface area contributed by atoms with Gasteiger partial charge in [-0.05, 0) is 30.7 Å². The van der Waals surface area contributed by atoms with Crippen LogP contribution in [0.2, 0.25) is 0 Å². The zero-order chi connectivity index (χ0) is 16.4. The molecule has 0 atom stereocenters. The van der Waals surface area contributed by atoms with E-state index < -0.39 is 15.9 Å². The van der Waals surface area contributed by atoms with Crippen LogP contribution in [0.4, 0.5) is 0 Å². The number of nitrogens with zero attached hydrogens (tertiary/aromatic N) is 1. The molecule has 1 heterocycles. The second-order valence-corrected chi connectivity index (χ2v) is 7.18. The minimum absolute atomic E-state index is 0.0878. The van der Waals surface area contributed by atoms with Crippen LogP contribution in [0.1, 0.15) is 22.3 Å². The van der Waals surface area contributed by atoms with Crippen LogP contribution in [0.15, 0.2) is 53.4 Å². The SMILES string of the molecule is Cc1ccccc1OCCCN1C(=O)c2ccccc2S1(=O)=O. The molecule has 2 aromatic carbocycles. The van der Waals surface area contributed by atoms with E-state index in [1.165, 1.54) is 6.07 Å². The lowest BCUT2D eigenvalue weighted by atomic mass is 10.2. The number of hydrogen-bond donors (Lipinski definition) is 0. The fraction of sp³-hybridized carbons (Fsp3) is 0.235. The fourth-order valence-corrected chi connectivity index (χ4v) is 4.17. The summed E-state index contributed by atoms with van der Waals surface area (Å²) in [7, 11) is -3.72. The average Bonchev–Trinajstić information content (AvgIpc) is 2.74. The first-order valence-corrected chi connectivity index (χ1v) is 8.80. The van der Waals surface area contributed by atoms with Gasteiger partial charge in [-0.1, -0.05) is 30.3 Å². The first-order chi connectivity index (χ1) is 11.0. The van der Waals surface area contributed by atoms with Gasteiger partial charge in [0.1, 0.15) is 10.6 Å². The number of rotatable bonds is 5. The highest BCUT2D eigenvalue weighted by molar-refractivity contribution is 7.90.